The minimum atomic E-state index is -4.39. The standard InChI is InChI=1S/C64H110NO8P/c1-6-8-10-12-14-16-18-20-21-22-23-24-25-26-27-28-29-30-31-32-33-34-35-36-37-38-39-40-41-42-43-45-47-49-51-53-55-57-64(67)73-62(61-72-74(68,69)71-59-58-65(3,4)5)60-70-63(66)56-54-52-50-48-46-44-19-17-15-13-11-9-7-2/h8,10,14,16-17,19-21,23-24,26-27,29-30,32-33,35-36,62H,6-7,9,11-13,15,18,22,25,28,31,34,37-61H2,1-5H3/p+1/b10-8-,16-14-,19-17-,21-20-,24-23-,27-26-,30-29-,33-32-,36-35-. The molecule has 0 saturated heterocycles. The van der Waals surface area contributed by atoms with Crippen LogP contribution < -0.4 is 0 Å². The molecule has 0 spiro atoms. The molecule has 0 amide bonds. The van der Waals surface area contributed by atoms with Gasteiger partial charge in [0.2, 0.25) is 0 Å². The van der Waals surface area contributed by atoms with Crippen LogP contribution in [0.2, 0.25) is 0 Å². The molecule has 0 saturated carbocycles. The number of likely N-dealkylation sites (N-methyl/N-ethyl adjacent to an activating group) is 1. The first-order valence-corrected chi connectivity index (χ1v) is 31.1. The molecule has 0 fully saturated rings. The number of quaternary nitrogens is 1. The summed E-state index contributed by atoms with van der Waals surface area (Å²) in [5.74, 6) is -0.813. The number of carbonyl (C=O) groups excluding carboxylic acids is 2. The van der Waals surface area contributed by atoms with E-state index in [1.807, 2.05) is 21.1 Å². The highest BCUT2D eigenvalue weighted by atomic mass is 31.2. The van der Waals surface area contributed by atoms with Crippen molar-refractivity contribution in [3.8, 4) is 0 Å². The van der Waals surface area contributed by atoms with Crippen molar-refractivity contribution in [2.75, 3.05) is 47.5 Å². The van der Waals surface area contributed by atoms with E-state index in [0.29, 0.717) is 17.4 Å². The van der Waals surface area contributed by atoms with Crippen LogP contribution in [0.4, 0.5) is 0 Å². The average molecular weight is 1050 g/mol. The Balaban J connectivity index is 4.07. The van der Waals surface area contributed by atoms with E-state index < -0.39 is 26.5 Å². The minimum Gasteiger partial charge on any atom is -0.462 e. The maximum atomic E-state index is 12.8. The molecule has 0 aliphatic rings. The number of allylic oxidation sites excluding steroid dienone is 18. The van der Waals surface area contributed by atoms with Gasteiger partial charge in [0.05, 0.1) is 27.7 Å². The number of unbranched alkanes of at least 4 members (excludes halogenated alkanes) is 21. The summed E-state index contributed by atoms with van der Waals surface area (Å²) in [5.41, 5.74) is 0. The molecule has 1 N–H and O–H groups in total. The summed E-state index contributed by atoms with van der Waals surface area (Å²) in [6, 6.07) is 0. The molecule has 0 aliphatic carbocycles. The number of phosphoric acid groups is 1. The smallest absolute Gasteiger partial charge is 0.462 e. The molecule has 0 aliphatic heterocycles. The Morgan fingerprint density at radius 2 is 0.770 bits per heavy atom. The van der Waals surface area contributed by atoms with Gasteiger partial charge in [0.1, 0.15) is 19.8 Å². The van der Waals surface area contributed by atoms with Crippen molar-refractivity contribution >= 4 is 19.8 Å². The molecule has 9 nitrogen and oxygen atoms in total. The molecule has 10 heteroatoms. The Bertz CT molecular complexity index is 1620. The average Bonchev–Trinajstić information content (AvgIpc) is 3.36. The Kier molecular flexibility index (Phi) is 52.0. The molecule has 2 unspecified atom stereocenters. The maximum Gasteiger partial charge on any atom is 0.472 e. The molecule has 0 heterocycles. The third kappa shape index (κ3) is 57.9. The fourth-order valence-corrected chi connectivity index (χ4v) is 8.47. The lowest BCUT2D eigenvalue weighted by Gasteiger charge is -2.24. The van der Waals surface area contributed by atoms with Gasteiger partial charge in [0.15, 0.2) is 6.10 Å². The monoisotopic (exact) mass is 1050 g/mol. The highest BCUT2D eigenvalue weighted by molar-refractivity contribution is 7.47. The van der Waals surface area contributed by atoms with Crippen molar-refractivity contribution in [2.45, 2.75) is 238 Å². The molecular weight excluding hydrogens is 942 g/mol. The Hall–Kier alpha value is -3.33. The van der Waals surface area contributed by atoms with E-state index in [4.69, 9.17) is 18.5 Å². The van der Waals surface area contributed by atoms with Crippen LogP contribution in [0.5, 0.6) is 0 Å². The van der Waals surface area contributed by atoms with Crippen LogP contribution in [0.25, 0.3) is 0 Å². The molecule has 0 rings (SSSR count). The van der Waals surface area contributed by atoms with Gasteiger partial charge in [-0.15, -0.1) is 0 Å². The Morgan fingerprint density at radius 3 is 1.16 bits per heavy atom. The van der Waals surface area contributed by atoms with Crippen molar-refractivity contribution in [2.24, 2.45) is 0 Å². The van der Waals surface area contributed by atoms with Crippen molar-refractivity contribution < 1.29 is 42.1 Å². The molecule has 2 atom stereocenters. The summed E-state index contributed by atoms with van der Waals surface area (Å²) in [7, 11) is 1.46. The summed E-state index contributed by atoms with van der Waals surface area (Å²) in [5, 5.41) is 0. The zero-order valence-corrected chi connectivity index (χ0v) is 48.9. The molecule has 0 aromatic carbocycles. The van der Waals surface area contributed by atoms with Crippen molar-refractivity contribution in [1.29, 1.82) is 0 Å². The topological polar surface area (TPSA) is 108 Å². The van der Waals surface area contributed by atoms with E-state index in [1.165, 1.54) is 89.9 Å². The van der Waals surface area contributed by atoms with Crippen LogP contribution in [0.15, 0.2) is 109 Å². The van der Waals surface area contributed by atoms with Gasteiger partial charge in [-0.1, -0.05) is 226 Å². The first-order valence-electron chi connectivity index (χ1n) is 29.6. The van der Waals surface area contributed by atoms with Crippen LogP contribution in [-0.2, 0) is 32.7 Å². The molecule has 0 aromatic rings. The molecule has 424 valence electrons. The van der Waals surface area contributed by atoms with Crippen LogP contribution in [0.3, 0.4) is 0 Å². The number of carbonyl (C=O) groups is 2. The summed E-state index contributed by atoms with van der Waals surface area (Å²) < 4.78 is 34.5. The van der Waals surface area contributed by atoms with E-state index in [1.54, 1.807) is 0 Å². The lowest BCUT2D eigenvalue weighted by molar-refractivity contribution is -0.870. The fourth-order valence-electron chi connectivity index (χ4n) is 7.73. The van der Waals surface area contributed by atoms with Gasteiger partial charge < -0.3 is 18.9 Å². The number of rotatable bonds is 53. The first kappa shape index (κ1) is 70.7. The number of phosphoric ester groups is 1. The molecule has 74 heavy (non-hydrogen) atoms. The number of nitrogens with zero attached hydrogens (tertiary/aromatic N) is 1. The van der Waals surface area contributed by atoms with Crippen LogP contribution >= 0.6 is 7.82 Å². The highest BCUT2D eigenvalue weighted by Crippen LogP contribution is 2.43. The minimum absolute atomic E-state index is 0.0262. The second-order valence-electron chi connectivity index (χ2n) is 20.6. The predicted molar refractivity (Wildman–Crippen MR) is 316 cm³/mol. The van der Waals surface area contributed by atoms with Gasteiger partial charge >= 0.3 is 19.8 Å². The van der Waals surface area contributed by atoms with E-state index in [-0.39, 0.29) is 32.0 Å². The van der Waals surface area contributed by atoms with E-state index in [0.717, 1.165) is 109 Å². The van der Waals surface area contributed by atoms with Crippen LogP contribution in [0, 0.1) is 0 Å². The highest BCUT2D eigenvalue weighted by Gasteiger charge is 2.27. The fraction of sp³-hybridized carbons (Fsp3) is 0.688. The lowest BCUT2D eigenvalue weighted by atomic mass is 10.0. The molecule has 0 aromatic heterocycles. The Morgan fingerprint density at radius 1 is 0.432 bits per heavy atom. The summed E-state index contributed by atoms with van der Waals surface area (Å²) in [6.07, 6.45) is 76.0. The second-order valence-corrected chi connectivity index (χ2v) is 22.1. The number of hydrogen-bond acceptors (Lipinski definition) is 7. The zero-order valence-electron chi connectivity index (χ0n) is 48.0. The summed E-state index contributed by atoms with van der Waals surface area (Å²) in [6.45, 7) is 4.28. The number of hydrogen-bond donors (Lipinski definition) is 1. The van der Waals surface area contributed by atoms with Crippen LogP contribution in [-0.4, -0.2) is 74.9 Å². The molecular formula is C64H111NO8P+. The van der Waals surface area contributed by atoms with E-state index in [9.17, 15) is 19.0 Å². The van der Waals surface area contributed by atoms with Gasteiger partial charge in [-0.25, -0.2) is 4.57 Å². The summed E-state index contributed by atoms with van der Waals surface area (Å²) >= 11 is 0. The molecule has 0 bridgehead atoms. The van der Waals surface area contributed by atoms with E-state index >= 15 is 0 Å². The van der Waals surface area contributed by atoms with Gasteiger partial charge in [0.25, 0.3) is 0 Å². The zero-order chi connectivity index (χ0) is 54.2. The first-order chi connectivity index (χ1) is 36.0. The maximum absolute atomic E-state index is 12.8. The predicted octanol–water partition coefficient (Wildman–Crippen LogP) is 18.6. The number of ether oxygens (including phenoxy) is 2. The number of esters is 2. The third-order valence-electron chi connectivity index (χ3n) is 12.3. The largest absolute Gasteiger partial charge is 0.472 e. The third-order valence-corrected chi connectivity index (χ3v) is 13.3. The van der Waals surface area contributed by atoms with Crippen molar-refractivity contribution in [3.63, 3.8) is 0 Å². The second kappa shape index (κ2) is 54.5. The SMILES string of the molecule is CC/C=C\C/C=C\C/C=C\C/C=C\C/C=C\C/C=C\C/C=C\C/C=C\CCCCCCCCCCCCCCC(=O)OC(COC(=O)CCCCCCC/C=C\CCCCCC)COP(=O)(O)OCC[N+](C)(C)C. The van der Waals surface area contributed by atoms with Gasteiger partial charge in [-0.05, 0) is 103 Å². The van der Waals surface area contributed by atoms with Gasteiger partial charge in [-0.2, -0.15) is 0 Å². The summed E-state index contributed by atoms with van der Waals surface area (Å²) in [4.78, 5) is 35.6. The quantitative estimate of drug-likeness (QED) is 0.0211. The molecule has 0 radical (unpaired) electrons. The lowest BCUT2D eigenvalue weighted by Crippen LogP contribution is -2.37. The van der Waals surface area contributed by atoms with Crippen LogP contribution in [0.1, 0.15) is 232 Å². The van der Waals surface area contributed by atoms with Crippen molar-refractivity contribution in [1.82, 2.24) is 0 Å². The van der Waals surface area contributed by atoms with Crippen molar-refractivity contribution in [3.05, 3.63) is 109 Å². The Labute approximate surface area is 455 Å². The van der Waals surface area contributed by atoms with E-state index in [2.05, 4.69) is 123 Å². The van der Waals surface area contributed by atoms with Gasteiger partial charge in [0, 0.05) is 12.8 Å². The normalized spacial score (nSPS) is 14.1. The van der Waals surface area contributed by atoms with Gasteiger partial charge in [-0.3, -0.25) is 18.6 Å².